The van der Waals surface area contributed by atoms with Crippen LogP contribution in [-0.4, -0.2) is 31.7 Å². The molecule has 118 valence electrons. The Labute approximate surface area is 128 Å². The normalized spacial score (nSPS) is 19.5. The molecule has 0 radical (unpaired) electrons. The van der Waals surface area contributed by atoms with Crippen LogP contribution >= 0.6 is 12.4 Å². The second kappa shape index (κ2) is 8.26. The quantitative estimate of drug-likeness (QED) is 0.891. The first kappa shape index (κ1) is 17.8. The van der Waals surface area contributed by atoms with Crippen LogP contribution in [-0.2, 0) is 9.53 Å². The second-order valence-corrected chi connectivity index (χ2v) is 4.72. The van der Waals surface area contributed by atoms with Gasteiger partial charge in [-0.25, -0.2) is 8.78 Å². The van der Waals surface area contributed by atoms with Crippen LogP contribution in [0.1, 0.15) is 24.9 Å². The Hall–Kier alpha value is -1.24. The summed E-state index contributed by atoms with van der Waals surface area (Å²) >= 11 is 0. The van der Waals surface area contributed by atoms with Crippen molar-refractivity contribution in [3.63, 3.8) is 0 Å². The van der Waals surface area contributed by atoms with E-state index in [1.54, 1.807) is 0 Å². The van der Waals surface area contributed by atoms with E-state index in [0.717, 1.165) is 6.07 Å². The highest BCUT2D eigenvalue weighted by Crippen LogP contribution is 2.21. The van der Waals surface area contributed by atoms with E-state index in [9.17, 15) is 13.6 Å². The molecule has 1 saturated heterocycles. The van der Waals surface area contributed by atoms with Crippen molar-refractivity contribution in [2.75, 3.05) is 19.8 Å². The van der Waals surface area contributed by atoms with Gasteiger partial charge in [0.05, 0.1) is 19.3 Å². The van der Waals surface area contributed by atoms with Crippen LogP contribution < -0.4 is 10.6 Å². The van der Waals surface area contributed by atoms with E-state index in [0.29, 0.717) is 31.7 Å². The van der Waals surface area contributed by atoms with Gasteiger partial charge in [-0.05, 0) is 12.5 Å². The summed E-state index contributed by atoms with van der Waals surface area (Å²) in [5.41, 5.74) is 0.291. The van der Waals surface area contributed by atoms with Crippen LogP contribution in [0.2, 0.25) is 0 Å². The smallest absolute Gasteiger partial charge is 0.240 e. The van der Waals surface area contributed by atoms with Crippen molar-refractivity contribution in [3.8, 4) is 0 Å². The van der Waals surface area contributed by atoms with Crippen molar-refractivity contribution < 1.29 is 18.3 Å². The Morgan fingerprint density at radius 3 is 2.86 bits per heavy atom. The zero-order valence-corrected chi connectivity index (χ0v) is 12.5. The first-order valence-electron chi connectivity index (χ1n) is 6.68. The van der Waals surface area contributed by atoms with Gasteiger partial charge in [0.25, 0.3) is 0 Å². The van der Waals surface area contributed by atoms with Gasteiger partial charge >= 0.3 is 0 Å². The average Bonchev–Trinajstić information content (AvgIpc) is 2.46. The van der Waals surface area contributed by atoms with Crippen molar-refractivity contribution in [1.29, 1.82) is 0 Å². The largest absolute Gasteiger partial charge is 0.378 e. The molecule has 0 spiro atoms. The molecule has 0 bridgehead atoms. The van der Waals surface area contributed by atoms with Crippen molar-refractivity contribution in [1.82, 2.24) is 10.6 Å². The molecule has 0 aromatic heterocycles. The van der Waals surface area contributed by atoms with Crippen LogP contribution in [0.3, 0.4) is 0 Å². The summed E-state index contributed by atoms with van der Waals surface area (Å²) in [6, 6.07) is 2.47. The number of hydrogen-bond donors (Lipinski definition) is 2. The lowest BCUT2D eigenvalue weighted by molar-refractivity contribution is -0.126. The third kappa shape index (κ3) is 4.62. The highest BCUT2D eigenvalue weighted by molar-refractivity contribution is 5.85. The van der Waals surface area contributed by atoms with Crippen LogP contribution in [0.15, 0.2) is 18.2 Å². The maximum absolute atomic E-state index is 13.7. The molecule has 4 nitrogen and oxygen atoms in total. The van der Waals surface area contributed by atoms with Crippen molar-refractivity contribution in [3.05, 3.63) is 35.4 Å². The van der Waals surface area contributed by atoms with Gasteiger partial charge in [-0.1, -0.05) is 13.0 Å². The van der Waals surface area contributed by atoms with Gasteiger partial charge in [0.1, 0.15) is 17.7 Å². The minimum absolute atomic E-state index is 0. The Kier molecular flexibility index (Phi) is 7.01. The van der Waals surface area contributed by atoms with Gasteiger partial charge < -0.3 is 15.4 Å². The molecular weight excluding hydrogens is 302 g/mol. The number of rotatable bonds is 4. The fraction of sp³-hybridized carbons (Fsp3) is 0.500. The summed E-state index contributed by atoms with van der Waals surface area (Å²) in [5, 5.41) is 5.80. The van der Waals surface area contributed by atoms with Gasteiger partial charge in [-0.15, -0.1) is 12.4 Å². The van der Waals surface area contributed by atoms with E-state index in [1.165, 1.54) is 12.1 Å². The molecule has 1 aromatic carbocycles. The van der Waals surface area contributed by atoms with Gasteiger partial charge in [-0.2, -0.15) is 0 Å². The summed E-state index contributed by atoms with van der Waals surface area (Å²) in [5.74, 6) is -1.51. The summed E-state index contributed by atoms with van der Waals surface area (Å²) in [6.45, 7) is 3.32. The number of carbonyl (C=O) groups is 1. The molecule has 1 aliphatic heterocycles. The predicted molar refractivity (Wildman–Crippen MR) is 77.4 cm³/mol. The monoisotopic (exact) mass is 320 g/mol. The molecule has 0 saturated carbocycles. The van der Waals surface area contributed by atoms with Crippen molar-refractivity contribution >= 4 is 18.3 Å². The molecule has 1 aliphatic rings. The van der Waals surface area contributed by atoms with Crippen LogP contribution in [0.5, 0.6) is 0 Å². The van der Waals surface area contributed by atoms with E-state index in [-0.39, 0.29) is 18.3 Å². The number of carbonyl (C=O) groups excluding carboxylic acids is 1. The molecule has 1 heterocycles. The molecule has 2 rings (SSSR count). The van der Waals surface area contributed by atoms with E-state index >= 15 is 0 Å². The number of ether oxygens (including phenoxy) is 1. The predicted octanol–water partition coefficient (Wildman–Crippen LogP) is 1.94. The van der Waals surface area contributed by atoms with Crippen LogP contribution in [0.4, 0.5) is 8.78 Å². The lowest BCUT2D eigenvalue weighted by Crippen LogP contribution is -2.51. The lowest BCUT2D eigenvalue weighted by atomic mass is 10.0. The summed E-state index contributed by atoms with van der Waals surface area (Å²) in [7, 11) is 0. The van der Waals surface area contributed by atoms with Gasteiger partial charge in [0.2, 0.25) is 5.91 Å². The standard InChI is InChI=1S/C14H18F2N2O2.ClH/c1-2-12(10-4-3-9(15)7-11(10)16)18-14(19)13-8-20-6-5-17-13;/h3-4,7,12-13,17H,2,5-6,8H2,1H3,(H,18,19);1H. The van der Waals surface area contributed by atoms with Crippen LogP contribution in [0, 0.1) is 11.6 Å². The SMILES string of the molecule is CCC(NC(=O)C1COCCN1)c1ccc(F)cc1F.Cl. The molecule has 1 amide bonds. The van der Waals surface area contributed by atoms with Gasteiger partial charge in [-0.3, -0.25) is 4.79 Å². The maximum Gasteiger partial charge on any atom is 0.240 e. The number of benzene rings is 1. The average molecular weight is 321 g/mol. The molecule has 2 atom stereocenters. The zero-order valence-electron chi connectivity index (χ0n) is 11.7. The van der Waals surface area contributed by atoms with Crippen molar-refractivity contribution in [2.45, 2.75) is 25.4 Å². The molecule has 1 aromatic rings. The van der Waals surface area contributed by atoms with Gasteiger partial charge in [0, 0.05) is 18.2 Å². The maximum atomic E-state index is 13.7. The fourth-order valence-electron chi connectivity index (χ4n) is 2.19. The van der Waals surface area contributed by atoms with E-state index < -0.39 is 23.7 Å². The Bertz CT molecular complexity index is 482. The minimum Gasteiger partial charge on any atom is -0.378 e. The highest BCUT2D eigenvalue weighted by atomic mass is 35.5. The summed E-state index contributed by atoms with van der Waals surface area (Å²) < 4.78 is 31.9. The van der Waals surface area contributed by atoms with Crippen molar-refractivity contribution in [2.24, 2.45) is 0 Å². The molecule has 2 N–H and O–H groups in total. The molecule has 2 unspecified atom stereocenters. The Morgan fingerprint density at radius 1 is 1.52 bits per heavy atom. The van der Waals surface area contributed by atoms with Crippen LogP contribution in [0.25, 0.3) is 0 Å². The zero-order chi connectivity index (χ0) is 14.5. The fourth-order valence-corrected chi connectivity index (χ4v) is 2.19. The molecule has 0 aliphatic carbocycles. The number of morpholine rings is 1. The highest BCUT2D eigenvalue weighted by Gasteiger charge is 2.24. The topological polar surface area (TPSA) is 50.4 Å². The number of amides is 1. The van der Waals surface area contributed by atoms with E-state index in [2.05, 4.69) is 10.6 Å². The molecular formula is C14H19ClF2N2O2. The third-order valence-electron chi connectivity index (χ3n) is 3.30. The minimum atomic E-state index is -0.648. The van der Waals surface area contributed by atoms with E-state index in [4.69, 9.17) is 4.74 Å². The number of nitrogens with one attached hydrogen (secondary N) is 2. The Balaban J connectivity index is 0.00000220. The van der Waals surface area contributed by atoms with Gasteiger partial charge in [0.15, 0.2) is 0 Å². The summed E-state index contributed by atoms with van der Waals surface area (Å²) in [4.78, 5) is 12.1. The first-order chi connectivity index (χ1) is 9.61. The lowest BCUT2D eigenvalue weighted by Gasteiger charge is -2.26. The molecule has 7 heteroatoms. The van der Waals surface area contributed by atoms with E-state index in [1.807, 2.05) is 6.92 Å². The molecule has 1 fully saturated rings. The molecule has 21 heavy (non-hydrogen) atoms. The Morgan fingerprint density at radius 2 is 2.29 bits per heavy atom. The second-order valence-electron chi connectivity index (χ2n) is 4.72. The number of hydrogen-bond acceptors (Lipinski definition) is 3. The first-order valence-corrected chi connectivity index (χ1v) is 6.68. The third-order valence-corrected chi connectivity index (χ3v) is 3.30. The number of halogens is 3. The summed E-state index contributed by atoms with van der Waals surface area (Å²) in [6.07, 6.45) is 0.516.